The molecule has 29 heavy (non-hydrogen) atoms. The summed E-state index contributed by atoms with van der Waals surface area (Å²) in [6.45, 7) is 2.17. The number of aliphatic hydroxyl groups excluding tert-OH is 1. The molecule has 5 heteroatoms. The van der Waals surface area contributed by atoms with Gasteiger partial charge < -0.3 is 9.84 Å². The maximum atomic E-state index is 14.5. The van der Waals surface area contributed by atoms with Gasteiger partial charge in [0.1, 0.15) is 11.0 Å². The number of rotatable bonds is 10. The molecule has 0 amide bonds. The Labute approximate surface area is 178 Å². The first kappa shape index (κ1) is 22.5. The zero-order chi connectivity index (χ0) is 20.9. The minimum atomic E-state index is -0.759. The number of carbonyl (C=O) groups excluding carboxylic acids is 1. The van der Waals surface area contributed by atoms with Gasteiger partial charge in [0.15, 0.2) is 0 Å². The van der Waals surface area contributed by atoms with E-state index >= 15 is 0 Å². The number of aryl methyl sites for hydroxylation is 1. The Morgan fingerprint density at radius 3 is 2.86 bits per heavy atom. The van der Waals surface area contributed by atoms with Gasteiger partial charge in [-0.3, -0.25) is 0 Å². The first-order chi connectivity index (χ1) is 14.0. The van der Waals surface area contributed by atoms with Gasteiger partial charge in [-0.2, -0.15) is 0 Å². The predicted molar refractivity (Wildman–Crippen MR) is 116 cm³/mol. The van der Waals surface area contributed by atoms with E-state index < -0.39 is 6.17 Å². The number of aliphatic hydroxyl groups is 1. The molecule has 3 rings (SSSR count). The summed E-state index contributed by atoms with van der Waals surface area (Å²) in [7, 11) is 1.40. The van der Waals surface area contributed by atoms with Crippen molar-refractivity contribution < 1.29 is 19.0 Å². The third-order valence-corrected chi connectivity index (χ3v) is 8.42. The molecule has 0 spiro atoms. The van der Waals surface area contributed by atoms with Crippen LogP contribution in [-0.4, -0.2) is 30.5 Å². The van der Waals surface area contributed by atoms with Crippen molar-refractivity contribution in [1.82, 2.24) is 0 Å². The summed E-state index contributed by atoms with van der Waals surface area (Å²) in [6.07, 6.45) is 12.7. The van der Waals surface area contributed by atoms with E-state index in [0.717, 1.165) is 44.9 Å². The van der Waals surface area contributed by atoms with Gasteiger partial charge in [0.2, 0.25) is 0 Å². The summed E-state index contributed by atoms with van der Waals surface area (Å²) in [5.41, 5.74) is 0.109. The molecule has 1 unspecified atom stereocenters. The van der Waals surface area contributed by atoms with Gasteiger partial charge in [-0.25, -0.2) is 9.18 Å². The number of alkyl halides is 1. The van der Waals surface area contributed by atoms with Crippen molar-refractivity contribution in [3.63, 3.8) is 0 Å². The standard InChI is InChI=1S/C24H35FO3S/c1-3-24(15-6-16-24)22(26)10-5-9-19-17(11-13-20(19)25)7-4-8-18-12-14-21(29-18)23(27)28-2/h5,9,12,14,17,19-20,22,26H,3-4,6-8,10-11,13,15-16H2,1-2H3/b9-5+/t17-,19+,20-,22?/m0/s1. The summed E-state index contributed by atoms with van der Waals surface area (Å²) in [4.78, 5) is 13.4. The lowest BCUT2D eigenvalue weighted by Gasteiger charge is -2.45. The molecule has 2 fully saturated rings. The lowest BCUT2D eigenvalue weighted by molar-refractivity contribution is -0.0355. The van der Waals surface area contributed by atoms with Crippen LogP contribution in [0, 0.1) is 17.3 Å². The summed E-state index contributed by atoms with van der Waals surface area (Å²) in [5, 5.41) is 10.6. The normalized spacial score (nSPS) is 27.1. The van der Waals surface area contributed by atoms with Crippen LogP contribution >= 0.6 is 11.3 Å². The van der Waals surface area contributed by atoms with Crippen molar-refractivity contribution in [3.05, 3.63) is 34.0 Å². The van der Waals surface area contributed by atoms with Crippen LogP contribution in [0.15, 0.2) is 24.3 Å². The lowest BCUT2D eigenvalue weighted by Crippen LogP contribution is -2.40. The summed E-state index contributed by atoms with van der Waals surface area (Å²) in [6, 6.07) is 3.81. The number of methoxy groups -OCH3 is 1. The first-order valence-corrected chi connectivity index (χ1v) is 12.0. The van der Waals surface area contributed by atoms with Crippen LogP contribution in [-0.2, 0) is 11.2 Å². The van der Waals surface area contributed by atoms with Gasteiger partial charge in [0.25, 0.3) is 0 Å². The molecule has 0 radical (unpaired) electrons. The van der Waals surface area contributed by atoms with Crippen LogP contribution in [0.2, 0.25) is 0 Å². The fraction of sp³-hybridized carbons (Fsp3) is 0.708. The highest BCUT2D eigenvalue weighted by Crippen LogP contribution is 2.47. The number of thiophene rings is 1. The second-order valence-electron chi connectivity index (χ2n) is 8.83. The van der Waals surface area contributed by atoms with Crippen molar-refractivity contribution in [3.8, 4) is 0 Å². The number of carbonyl (C=O) groups is 1. The molecule has 1 aromatic rings. The zero-order valence-electron chi connectivity index (χ0n) is 17.7. The van der Waals surface area contributed by atoms with Gasteiger partial charge >= 0.3 is 5.97 Å². The van der Waals surface area contributed by atoms with Gasteiger partial charge in [-0.15, -0.1) is 11.3 Å². The molecular formula is C24H35FO3S. The molecule has 1 aromatic heterocycles. The number of allylic oxidation sites excluding steroid dienone is 1. The van der Waals surface area contributed by atoms with Crippen molar-refractivity contribution >= 4 is 17.3 Å². The van der Waals surface area contributed by atoms with Crippen molar-refractivity contribution in [2.45, 2.75) is 83.4 Å². The molecular weight excluding hydrogens is 387 g/mol. The molecule has 4 atom stereocenters. The summed E-state index contributed by atoms with van der Waals surface area (Å²) >= 11 is 1.49. The van der Waals surface area contributed by atoms with Gasteiger partial charge in [0.05, 0.1) is 13.2 Å². The number of ether oxygens (including phenoxy) is 1. The van der Waals surface area contributed by atoms with E-state index in [1.807, 2.05) is 24.3 Å². The Morgan fingerprint density at radius 2 is 2.21 bits per heavy atom. The average Bonchev–Trinajstić information content (AvgIpc) is 3.29. The topological polar surface area (TPSA) is 46.5 Å². The minimum absolute atomic E-state index is 0.0184. The molecule has 1 N–H and O–H groups in total. The highest BCUT2D eigenvalue weighted by atomic mass is 32.1. The zero-order valence-corrected chi connectivity index (χ0v) is 18.6. The molecule has 2 aliphatic carbocycles. The van der Waals surface area contributed by atoms with Crippen molar-refractivity contribution in [1.29, 1.82) is 0 Å². The molecule has 2 aliphatic rings. The minimum Gasteiger partial charge on any atom is -0.465 e. The monoisotopic (exact) mass is 422 g/mol. The van der Waals surface area contributed by atoms with Crippen molar-refractivity contribution in [2.75, 3.05) is 7.11 Å². The third-order valence-electron chi connectivity index (χ3n) is 7.30. The van der Waals surface area contributed by atoms with Crippen LogP contribution in [0.1, 0.15) is 79.3 Å². The van der Waals surface area contributed by atoms with Crippen LogP contribution in [0.5, 0.6) is 0 Å². The van der Waals surface area contributed by atoms with Gasteiger partial charge in [0, 0.05) is 10.8 Å². The molecule has 3 nitrogen and oxygen atoms in total. The highest BCUT2D eigenvalue weighted by Gasteiger charge is 2.41. The van der Waals surface area contributed by atoms with Gasteiger partial charge in [-0.05, 0) is 81.3 Å². The number of hydrogen-bond donors (Lipinski definition) is 1. The smallest absolute Gasteiger partial charge is 0.348 e. The average molecular weight is 423 g/mol. The van der Waals surface area contributed by atoms with E-state index in [9.17, 15) is 14.3 Å². The third kappa shape index (κ3) is 5.29. The van der Waals surface area contributed by atoms with E-state index in [4.69, 9.17) is 4.74 Å². The molecule has 2 saturated carbocycles. The highest BCUT2D eigenvalue weighted by molar-refractivity contribution is 7.13. The Balaban J connectivity index is 1.46. The van der Waals surface area contributed by atoms with E-state index in [1.165, 1.54) is 29.7 Å². The predicted octanol–water partition coefficient (Wildman–Crippen LogP) is 6.11. The Morgan fingerprint density at radius 1 is 1.41 bits per heavy atom. The van der Waals surface area contributed by atoms with Crippen LogP contribution in [0.4, 0.5) is 4.39 Å². The Hall–Kier alpha value is -1.20. The maximum Gasteiger partial charge on any atom is 0.348 e. The fourth-order valence-corrected chi connectivity index (χ4v) is 6.06. The molecule has 0 aromatic carbocycles. The summed E-state index contributed by atoms with van der Waals surface area (Å²) < 4.78 is 19.2. The fourth-order valence-electron chi connectivity index (χ4n) is 5.10. The van der Waals surface area contributed by atoms with E-state index in [1.54, 1.807) is 0 Å². The second-order valence-corrected chi connectivity index (χ2v) is 10.00. The molecule has 1 heterocycles. The van der Waals surface area contributed by atoms with Crippen LogP contribution < -0.4 is 0 Å². The van der Waals surface area contributed by atoms with E-state index in [-0.39, 0.29) is 23.4 Å². The summed E-state index contributed by atoms with van der Waals surface area (Å²) in [5.74, 6) is 0.0776. The molecule has 162 valence electrons. The lowest BCUT2D eigenvalue weighted by atomic mass is 9.63. The van der Waals surface area contributed by atoms with E-state index in [2.05, 4.69) is 6.92 Å². The second kappa shape index (κ2) is 10.2. The molecule has 0 saturated heterocycles. The maximum absolute atomic E-state index is 14.5. The quantitative estimate of drug-likeness (QED) is 0.365. The first-order valence-electron chi connectivity index (χ1n) is 11.1. The Bertz CT molecular complexity index is 689. The van der Waals surface area contributed by atoms with Crippen LogP contribution in [0.3, 0.4) is 0 Å². The number of halogens is 1. The van der Waals surface area contributed by atoms with E-state index in [0.29, 0.717) is 23.6 Å². The number of hydrogen-bond acceptors (Lipinski definition) is 4. The Kier molecular flexibility index (Phi) is 7.92. The molecule has 0 aliphatic heterocycles. The van der Waals surface area contributed by atoms with Crippen LogP contribution in [0.25, 0.3) is 0 Å². The number of esters is 1. The largest absolute Gasteiger partial charge is 0.465 e. The molecule has 0 bridgehead atoms. The SMILES string of the molecule is CCC1(C(O)C/C=C/[C@@H]2[C@@H](CCCc3ccc(C(=O)OC)s3)CC[C@@H]2F)CCC1. The van der Waals surface area contributed by atoms with Gasteiger partial charge in [-0.1, -0.05) is 25.5 Å². The van der Waals surface area contributed by atoms with Crippen molar-refractivity contribution in [2.24, 2.45) is 17.3 Å².